The Morgan fingerprint density at radius 2 is 2.15 bits per heavy atom. The largest absolute Gasteiger partial charge is 0.493 e. The van der Waals surface area contributed by atoms with E-state index in [-0.39, 0.29) is 0 Å². The molecule has 0 bridgehead atoms. The second kappa shape index (κ2) is 6.80. The maximum atomic E-state index is 5.94. The summed E-state index contributed by atoms with van der Waals surface area (Å²) in [6.45, 7) is 3.57. The second-order valence-corrected chi connectivity index (χ2v) is 4.83. The molecule has 4 nitrogen and oxygen atoms in total. The van der Waals surface area contributed by atoms with Crippen LogP contribution in [0.1, 0.15) is 18.9 Å². The molecular formula is C16H21N3O. The van der Waals surface area contributed by atoms with E-state index in [1.165, 1.54) is 0 Å². The number of nitrogens with two attached hydrogens (primary N) is 1. The Kier molecular flexibility index (Phi) is 4.82. The van der Waals surface area contributed by atoms with Crippen molar-refractivity contribution >= 4 is 11.4 Å². The molecule has 106 valence electrons. The quantitative estimate of drug-likeness (QED) is 0.820. The van der Waals surface area contributed by atoms with Crippen LogP contribution in [-0.2, 0) is 6.54 Å². The van der Waals surface area contributed by atoms with Crippen LogP contribution in [0.25, 0.3) is 0 Å². The molecule has 4 heteroatoms. The fourth-order valence-corrected chi connectivity index (χ4v) is 1.99. The van der Waals surface area contributed by atoms with Gasteiger partial charge in [0.25, 0.3) is 0 Å². The van der Waals surface area contributed by atoms with Crippen molar-refractivity contribution in [3.63, 3.8) is 0 Å². The number of anilines is 2. The molecule has 0 saturated carbocycles. The van der Waals surface area contributed by atoms with Crippen LogP contribution >= 0.6 is 0 Å². The van der Waals surface area contributed by atoms with Gasteiger partial charge in [-0.3, -0.25) is 4.98 Å². The summed E-state index contributed by atoms with van der Waals surface area (Å²) in [5.41, 5.74) is 8.86. The van der Waals surface area contributed by atoms with Gasteiger partial charge in [0.15, 0.2) is 0 Å². The van der Waals surface area contributed by atoms with E-state index in [9.17, 15) is 0 Å². The van der Waals surface area contributed by atoms with Crippen molar-refractivity contribution in [3.05, 3.63) is 48.3 Å². The summed E-state index contributed by atoms with van der Waals surface area (Å²) in [5, 5.41) is 0. The Morgan fingerprint density at radius 3 is 2.85 bits per heavy atom. The van der Waals surface area contributed by atoms with Crippen LogP contribution < -0.4 is 15.4 Å². The SMILES string of the molecule is CCCOc1cc(N)cc(N(C)Cc2cccnc2)c1. The molecular weight excluding hydrogens is 250 g/mol. The summed E-state index contributed by atoms with van der Waals surface area (Å²) < 4.78 is 5.66. The molecule has 1 heterocycles. The highest BCUT2D eigenvalue weighted by atomic mass is 16.5. The fourth-order valence-electron chi connectivity index (χ4n) is 1.99. The third-order valence-corrected chi connectivity index (χ3v) is 2.97. The van der Waals surface area contributed by atoms with E-state index in [2.05, 4.69) is 22.9 Å². The number of ether oxygens (including phenoxy) is 1. The standard InChI is InChI=1S/C16H21N3O/c1-3-7-20-16-9-14(17)8-15(10-16)19(2)12-13-5-4-6-18-11-13/h4-6,8-11H,3,7,12,17H2,1-2H3. The van der Waals surface area contributed by atoms with E-state index in [0.717, 1.165) is 30.0 Å². The highest BCUT2D eigenvalue weighted by Crippen LogP contribution is 2.26. The molecule has 0 radical (unpaired) electrons. The summed E-state index contributed by atoms with van der Waals surface area (Å²) in [6.07, 6.45) is 4.63. The minimum absolute atomic E-state index is 0.704. The second-order valence-electron chi connectivity index (χ2n) is 4.83. The van der Waals surface area contributed by atoms with E-state index < -0.39 is 0 Å². The lowest BCUT2D eigenvalue weighted by atomic mass is 10.2. The van der Waals surface area contributed by atoms with Gasteiger partial charge >= 0.3 is 0 Å². The van der Waals surface area contributed by atoms with Gasteiger partial charge in [0.1, 0.15) is 5.75 Å². The smallest absolute Gasteiger partial charge is 0.123 e. The normalized spacial score (nSPS) is 10.3. The van der Waals surface area contributed by atoms with Gasteiger partial charge in [0, 0.05) is 49.5 Å². The first-order chi connectivity index (χ1) is 9.69. The Morgan fingerprint density at radius 1 is 1.30 bits per heavy atom. The van der Waals surface area contributed by atoms with Crippen LogP contribution in [0.2, 0.25) is 0 Å². The number of nitrogen functional groups attached to an aromatic ring is 1. The van der Waals surface area contributed by atoms with Crippen LogP contribution in [-0.4, -0.2) is 18.6 Å². The topological polar surface area (TPSA) is 51.4 Å². The molecule has 2 N–H and O–H groups in total. The Balaban J connectivity index is 2.12. The average Bonchev–Trinajstić information content (AvgIpc) is 2.45. The van der Waals surface area contributed by atoms with Crippen LogP contribution in [0.15, 0.2) is 42.7 Å². The average molecular weight is 271 g/mol. The summed E-state index contributed by atoms with van der Waals surface area (Å²) in [5.74, 6) is 0.819. The molecule has 0 saturated heterocycles. The zero-order chi connectivity index (χ0) is 14.4. The number of hydrogen-bond acceptors (Lipinski definition) is 4. The zero-order valence-corrected chi connectivity index (χ0v) is 12.0. The molecule has 0 aliphatic carbocycles. The molecule has 0 spiro atoms. The van der Waals surface area contributed by atoms with Crippen molar-refractivity contribution in [2.75, 3.05) is 24.3 Å². The van der Waals surface area contributed by atoms with Crippen LogP contribution in [0.4, 0.5) is 11.4 Å². The monoisotopic (exact) mass is 271 g/mol. The minimum Gasteiger partial charge on any atom is -0.493 e. The van der Waals surface area contributed by atoms with Gasteiger partial charge in [-0.1, -0.05) is 13.0 Å². The molecule has 0 aliphatic rings. The predicted molar refractivity (Wildman–Crippen MR) is 83.0 cm³/mol. The number of benzene rings is 1. The number of hydrogen-bond donors (Lipinski definition) is 1. The van der Waals surface area contributed by atoms with Gasteiger partial charge in [-0.05, 0) is 24.1 Å². The summed E-state index contributed by atoms with van der Waals surface area (Å²) in [6, 6.07) is 9.83. The molecule has 2 aromatic rings. The Hall–Kier alpha value is -2.23. The van der Waals surface area contributed by atoms with Crippen LogP contribution in [0.5, 0.6) is 5.75 Å². The molecule has 0 amide bonds. The van der Waals surface area contributed by atoms with E-state index >= 15 is 0 Å². The van der Waals surface area contributed by atoms with Gasteiger partial charge in [-0.15, -0.1) is 0 Å². The van der Waals surface area contributed by atoms with Crippen LogP contribution in [0.3, 0.4) is 0 Å². The van der Waals surface area contributed by atoms with Gasteiger partial charge in [0.2, 0.25) is 0 Å². The summed E-state index contributed by atoms with van der Waals surface area (Å²) in [7, 11) is 2.03. The van der Waals surface area contributed by atoms with Crippen molar-refractivity contribution in [2.45, 2.75) is 19.9 Å². The number of pyridine rings is 1. The lowest BCUT2D eigenvalue weighted by Gasteiger charge is -2.20. The van der Waals surface area contributed by atoms with Crippen molar-refractivity contribution < 1.29 is 4.74 Å². The molecule has 0 fully saturated rings. The first-order valence-electron chi connectivity index (χ1n) is 6.82. The molecule has 1 aromatic carbocycles. The fraction of sp³-hybridized carbons (Fsp3) is 0.312. The molecule has 1 aromatic heterocycles. The van der Waals surface area contributed by atoms with Gasteiger partial charge < -0.3 is 15.4 Å². The summed E-state index contributed by atoms with van der Waals surface area (Å²) in [4.78, 5) is 6.26. The number of rotatable bonds is 6. The summed E-state index contributed by atoms with van der Waals surface area (Å²) >= 11 is 0. The van der Waals surface area contributed by atoms with E-state index in [1.807, 2.05) is 37.5 Å². The Labute approximate surface area is 120 Å². The third-order valence-electron chi connectivity index (χ3n) is 2.97. The number of nitrogens with zero attached hydrogens (tertiary/aromatic N) is 2. The van der Waals surface area contributed by atoms with Gasteiger partial charge in [-0.2, -0.15) is 0 Å². The minimum atomic E-state index is 0.704. The maximum absolute atomic E-state index is 5.94. The highest BCUT2D eigenvalue weighted by molar-refractivity contribution is 5.60. The predicted octanol–water partition coefficient (Wildman–Crippen LogP) is 3.09. The van der Waals surface area contributed by atoms with Crippen molar-refractivity contribution in [2.24, 2.45) is 0 Å². The Bertz CT molecular complexity index is 543. The lowest BCUT2D eigenvalue weighted by Crippen LogP contribution is -2.16. The molecule has 20 heavy (non-hydrogen) atoms. The molecule has 0 unspecified atom stereocenters. The number of aromatic nitrogens is 1. The van der Waals surface area contributed by atoms with E-state index in [0.29, 0.717) is 12.3 Å². The zero-order valence-electron chi connectivity index (χ0n) is 12.0. The highest BCUT2D eigenvalue weighted by Gasteiger charge is 2.06. The first-order valence-corrected chi connectivity index (χ1v) is 6.82. The van der Waals surface area contributed by atoms with Crippen LogP contribution in [0, 0.1) is 0 Å². The maximum Gasteiger partial charge on any atom is 0.123 e. The molecule has 0 aliphatic heterocycles. The molecule has 2 rings (SSSR count). The van der Waals surface area contributed by atoms with Crippen molar-refractivity contribution in [3.8, 4) is 5.75 Å². The van der Waals surface area contributed by atoms with E-state index in [4.69, 9.17) is 10.5 Å². The molecule has 0 atom stereocenters. The van der Waals surface area contributed by atoms with E-state index in [1.54, 1.807) is 6.20 Å². The first kappa shape index (κ1) is 14.2. The van der Waals surface area contributed by atoms with Gasteiger partial charge in [-0.25, -0.2) is 0 Å². The third kappa shape index (κ3) is 3.88. The van der Waals surface area contributed by atoms with Crippen molar-refractivity contribution in [1.29, 1.82) is 0 Å². The lowest BCUT2D eigenvalue weighted by molar-refractivity contribution is 0.317. The van der Waals surface area contributed by atoms with Gasteiger partial charge in [0.05, 0.1) is 6.61 Å². The van der Waals surface area contributed by atoms with Crippen molar-refractivity contribution in [1.82, 2.24) is 4.98 Å².